The van der Waals surface area contributed by atoms with E-state index in [0.717, 1.165) is 22.0 Å². The Morgan fingerprint density at radius 1 is 0.926 bits per heavy atom. The molecular weight excluding hydrogens is 338 g/mol. The Morgan fingerprint density at radius 2 is 1.67 bits per heavy atom. The van der Waals surface area contributed by atoms with E-state index in [4.69, 9.17) is 4.84 Å². The van der Waals surface area contributed by atoms with Crippen LogP contribution in [0.15, 0.2) is 85.2 Å². The normalized spacial score (nSPS) is 10.7. The molecule has 5 heteroatoms. The molecule has 0 spiro atoms. The SMILES string of the molecule is O=C(NOCc1ccccc1)c1cc(-c2ccncc2)nc2ccccc12. The van der Waals surface area contributed by atoms with E-state index in [9.17, 15) is 4.79 Å². The summed E-state index contributed by atoms with van der Waals surface area (Å²) in [6, 6.07) is 22.7. The summed E-state index contributed by atoms with van der Waals surface area (Å²) in [4.78, 5) is 26.9. The van der Waals surface area contributed by atoms with Crippen LogP contribution >= 0.6 is 0 Å². The number of nitrogens with one attached hydrogen (secondary N) is 1. The maximum atomic E-state index is 12.8. The van der Waals surface area contributed by atoms with Crippen LogP contribution < -0.4 is 5.48 Å². The molecular formula is C22H17N3O2. The van der Waals surface area contributed by atoms with Crippen molar-refractivity contribution in [3.05, 3.63) is 96.3 Å². The third-order valence-electron chi connectivity index (χ3n) is 4.18. The second kappa shape index (κ2) is 7.76. The van der Waals surface area contributed by atoms with Gasteiger partial charge >= 0.3 is 0 Å². The summed E-state index contributed by atoms with van der Waals surface area (Å²) >= 11 is 0. The van der Waals surface area contributed by atoms with E-state index in [1.54, 1.807) is 18.5 Å². The number of nitrogens with zero attached hydrogens (tertiary/aromatic N) is 2. The number of hydrogen-bond acceptors (Lipinski definition) is 4. The molecule has 132 valence electrons. The van der Waals surface area contributed by atoms with Crippen molar-refractivity contribution in [2.45, 2.75) is 6.61 Å². The summed E-state index contributed by atoms with van der Waals surface area (Å²) in [7, 11) is 0. The summed E-state index contributed by atoms with van der Waals surface area (Å²) in [6.07, 6.45) is 3.41. The summed E-state index contributed by atoms with van der Waals surface area (Å²) in [5.74, 6) is -0.306. The van der Waals surface area contributed by atoms with E-state index in [-0.39, 0.29) is 5.91 Å². The third-order valence-corrected chi connectivity index (χ3v) is 4.18. The van der Waals surface area contributed by atoms with Crippen molar-refractivity contribution >= 4 is 16.8 Å². The van der Waals surface area contributed by atoms with Crippen molar-refractivity contribution in [2.24, 2.45) is 0 Å². The van der Waals surface area contributed by atoms with Crippen molar-refractivity contribution in [1.82, 2.24) is 15.4 Å². The molecule has 1 N–H and O–H groups in total. The number of benzene rings is 2. The minimum atomic E-state index is -0.306. The standard InChI is InChI=1S/C22H17N3O2/c26-22(25-27-15-16-6-2-1-3-7-16)19-14-21(17-10-12-23-13-11-17)24-20-9-5-4-8-18(19)20/h1-14H,15H2,(H,25,26). The van der Waals surface area contributed by atoms with E-state index < -0.39 is 0 Å². The average Bonchev–Trinajstić information content (AvgIpc) is 2.74. The Kier molecular flexibility index (Phi) is 4.85. The van der Waals surface area contributed by atoms with Crippen LogP contribution in [0.2, 0.25) is 0 Å². The number of amides is 1. The van der Waals surface area contributed by atoms with Gasteiger partial charge in [0, 0.05) is 23.3 Å². The molecule has 27 heavy (non-hydrogen) atoms. The van der Waals surface area contributed by atoms with Crippen LogP contribution in [0.3, 0.4) is 0 Å². The molecule has 0 aliphatic heterocycles. The lowest BCUT2D eigenvalue weighted by Gasteiger charge is -2.10. The summed E-state index contributed by atoms with van der Waals surface area (Å²) in [5, 5.41) is 0.774. The van der Waals surface area contributed by atoms with Gasteiger partial charge in [0.25, 0.3) is 5.91 Å². The third kappa shape index (κ3) is 3.83. The lowest BCUT2D eigenvalue weighted by molar-refractivity contribution is 0.0235. The zero-order chi connectivity index (χ0) is 18.5. The highest BCUT2D eigenvalue weighted by molar-refractivity contribution is 6.06. The molecule has 0 bridgehead atoms. The minimum Gasteiger partial charge on any atom is -0.269 e. The molecule has 0 aliphatic rings. The smallest absolute Gasteiger partial charge is 0.269 e. The van der Waals surface area contributed by atoms with Gasteiger partial charge in [-0.2, -0.15) is 0 Å². The zero-order valence-corrected chi connectivity index (χ0v) is 14.5. The lowest BCUT2D eigenvalue weighted by atomic mass is 10.0. The molecule has 0 saturated carbocycles. The fraction of sp³-hybridized carbons (Fsp3) is 0.0455. The Bertz CT molecular complexity index is 1070. The maximum absolute atomic E-state index is 12.8. The van der Waals surface area contributed by atoms with Crippen molar-refractivity contribution in [1.29, 1.82) is 0 Å². The number of carbonyl (C=O) groups is 1. The largest absolute Gasteiger partial charge is 0.275 e. The first-order chi connectivity index (χ1) is 13.3. The number of pyridine rings is 2. The molecule has 0 atom stereocenters. The van der Waals surface area contributed by atoms with Crippen LogP contribution in [0.1, 0.15) is 15.9 Å². The van der Waals surface area contributed by atoms with Gasteiger partial charge in [0.1, 0.15) is 0 Å². The van der Waals surface area contributed by atoms with Gasteiger partial charge in [-0.05, 0) is 29.8 Å². The Morgan fingerprint density at radius 3 is 2.48 bits per heavy atom. The Labute approximate surface area is 156 Å². The van der Waals surface area contributed by atoms with Gasteiger partial charge in [0.05, 0.1) is 23.4 Å². The van der Waals surface area contributed by atoms with Gasteiger partial charge in [-0.1, -0.05) is 48.5 Å². The topological polar surface area (TPSA) is 64.1 Å². The minimum absolute atomic E-state index is 0.298. The number of carbonyl (C=O) groups excluding carboxylic acids is 1. The molecule has 4 rings (SSSR count). The lowest BCUT2D eigenvalue weighted by Crippen LogP contribution is -2.24. The van der Waals surface area contributed by atoms with Crippen molar-refractivity contribution in [3.8, 4) is 11.3 Å². The molecule has 2 aromatic heterocycles. The van der Waals surface area contributed by atoms with Crippen LogP contribution in [-0.2, 0) is 11.4 Å². The van der Waals surface area contributed by atoms with Crippen LogP contribution in [0.4, 0.5) is 0 Å². The quantitative estimate of drug-likeness (QED) is 0.546. The number of hydroxylamine groups is 1. The zero-order valence-electron chi connectivity index (χ0n) is 14.5. The number of rotatable bonds is 5. The van der Waals surface area contributed by atoms with Gasteiger partial charge in [-0.15, -0.1) is 0 Å². The molecule has 0 aliphatic carbocycles. The van der Waals surface area contributed by atoms with Crippen LogP contribution in [-0.4, -0.2) is 15.9 Å². The molecule has 2 aromatic carbocycles. The van der Waals surface area contributed by atoms with Gasteiger partial charge < -0.3 is 0 Å². The first-order valence-electron chi connectivity index (χ1n) is 8.57. The van der Waals surface area contributed by atoms with Crippen LogP contribution in [0.25, 0.3) is 22.2 Å². The van der Waals surface area contributed by atoms with E-state index in [0.29, 0.717) is 17.9 Å². The summed E-state index contributed by atoms with van der Waals surface area (Å²) < 4.78 is 0. The molecule has 0 saturated heterocycles. The second-order valence-corrected chi connectivity index (χ2v) is 6.01. The van der Waals surface area contributed by atoms with Gasteiger partial charge in [-0.3, -0.25) is 14.6 Å². The fourth-order valence-electron chi connectivity index (χ4n) is 2.85. The van der Waals surface area contributed by atoms with E-state index in [2.05, 4.69) is 15.4 Å². The van der Waals surface area contributed by atoms with Crippen molar-refractivity contribution < 1.29 is 9.63 Å². The average molecular weight is 355 g/mol. The molecule has 2 heterocycles. The summed E-state index contributed by atoms with van der Waals surface area (Å²) in [5.41, 5.74) is 6.40. The highest BCUT2D eigenvalue weighted by Gasteiger charge is 2.14. The molecule has 0 fully saturated rings. The monoisotopic (exact) mass is 355 g/mol. The molecule has 4 aromatic rings. The first-order valence-corrected chi connectivity index (χ1v) is 8.57. The highest BCUT2D eigenvalue weighted by atomic mass is 16.6. The van der Waals surface area contributed by atoms with Crippen molar-refractivity contribution in [3.63, 3.8) is 0 Å². The van der Waals surface area contributed by atoms with E-state index >= 15 is 0 Å². The Balaban J connectivity index is 1.62. The predicted octanol–water partition coefficient (Wildman–Crippen LogP) is 4.16. The van der Waals surface area contributed by atoms with E-state index in [1.807, 2.05) is 66.7 Å². The van der Waals surface area contributed by atoms with Crippen LogP contribution in [0, 0.1) is 0 Å². The van der Waals surface area contributed by atoms with Crippen molar-refractivity contribution in [2.75, 3.05) is 0 Å². The highest BCUT2D eigenvalue weighted by Crippen LogP contribution is 2.24. The van der Waals surface area contributed by atoms with Gasteiger partial charge in [-0.25, -0.2) is 10.5 Å². The van der Waals surface area contributed by atoms with Crippen LogP contribution in [0.5, 0.6) is 0 Å². The molecule has 5 nitrogen and oxygen atoms in total. The first kappa shape index (κ1) is 16.9. The second-order valence-electron chi connectivity index (χ2n) is 6.01. The number of fused-ring (bicyclic) bond motifs is 1. The fourth-order valence-corrected chi connectivity index (χ4v) is 2.85. The summed E-state index contributed by atoms with van der Waals surface area (Å²) in [6.45, 7) is 0.298. The molecule has 1 amide bonds. The molecule has 0 radical (unpaired) electrons. The number of aromatic nitrogens is 2. The van der Waals surface area contributed by atoms with Gasteiger partial charge in [0.2, 0.25) is 0 Å². The maximum Gasteiger partial charge on any atom is 0.275 e. The van der Waals surface area contributed by atoms with E-state index in [1.165, 1.54) is 0 Å². The molecule has 0 unspecified atom stereocenters. The van der Waals surface area contributed by atoms with Gasteiger partial charge in [0.15, 0.2) is 0 Å². The number of hydrogen-bond donors (Lipinski definition) is 1. The Hall–Kier alpha value is -3.57. The number of para-hydroxylation sites is 1. The predicted molar refractivity (Wildman–Crippen MR) is 104 cm³/mol.